The minimum Gasteiger partial charge on any atom is -0.352 e. The van der Waals surface area contributed by atoms with Crippen LogP contribution in [0.1, 0.15) is 48.8 Å². The van der Waals surface area contributed by atoms with Crippen molar-refractivity contribution in [2.45, 2.75) is 63.6 Å². The van der Waals surface area contributed by atoms with E-state index in [1.165, 1.54) is 23.1 Å². The molecule has 1 atom stereocenters. The Bertz CT molecular complexity index is 1150. The van der Waals surface area contributed by atoms with Gasteiger partial charge < -0.3 is 10.2 Å². The Kier molecular flexibility index (Phi) is 8.82. The van der Waals surface area contributed by atoms with E-state index in [0.717, 1.165) is 37.7 Å². The van der Waals surface area contributed by atoms with E-state index in [9.17, 15) is 18.4 Å². The highest BCUT2D eigenvalue weighted by atomic mass is 19.1. The van der Waals surface area contributed by atoms with Crippen LogP contribution in [0.25, 0.3) is 0 Å². The Morgan fingerprint density at radius 1 is 0.833 bits per heavy atom. The number of rotatable bonds is 9. The molecule has 1 aliphatic rings. The van der Waals surface area contributed by atoms with Crippen molar-refractivity contribution in [3.8, 4) is 0 Å². The fourth-order valence-electron chi connectivity index (χ4n) is 4.79. The van der Waals surface area contributed by atoms with Gasteiger partial charge in [0, 0.05) is 24.6 Å². The van der Waals surface area contributed by atoms with Crippen LogP contribution in [0.2, 0.25) is 0 Å². The molecule has 4 rings (SSSR count). The van der Waals surface area contributed by atoms with Gasteiger partial charge in [-0.3, -0.25) is 9.59 Å². The molecule has 1 fully saturated rings. The first-order chi connectivity index (χ1) is 17.5. The summed E-state index contributed by atoms with van der Waals surface area (Å²) in [7, 11) is 0. The van der Waals surface area contributed by atoms with Crippen molar-refractivity contribution in [2.24, 2.45) is 0 Å². The highest BCUT2D eigenvalue weighted by Crippen LogP contribution is 2.21. The molecule has 0 heterocycles. The van der Waals surface area contributed by atoms with E-state index < -0.39 is 11.9 Å². The minimum atomic E-state index is -0.818. The summed E-state index contributed by atoms with van der Waals surface area (Å²) in [5, 5.41) is 3.17. The van der Waals surface area contributed by atoms with Crippen molar-refractivity contribution in [2.75, 3.05) is 0 Å². The molecule has 0 aliphatic heterocycles. The van der Waals surface area contributed by atoms with Crippen LogP contribution in [-0.4, -0.2) is 28.8 Å². The molecule has 188 valence electrons. The summed E-state index contributed by atoms with van der Waals surface area (Å²) in [6.07, 6.45) is 5.42. The summed E-state index contributed by atoms with van der Waals surface area (Å²) in [6, 6.07) is 20.8. The maximum absolute atomic E-state index is 14.7. The van der Waals surface area contributed by atoms with Crippen LogP contribution in [0.15, 0.2) is 78.9 Å². The third kappa shape index (κ3) is 7.00. The number of halogens is 2. The number of hydrogen-bond acceptors (Lipinski definition) is 2. The lowest BCUT2D eigenvalue weighted by Gasteiger charge is -2.33. The van der Waals surface area contributed by atoms with Gasteiger partial charge in [-0.25, -0.2) is 8.78 Å². The van der Waals surface area contributed by atoms with E-state index in [2.05, 4.69) is 5.32 Å². The molecule has 6 heteroatoms. The van der Waals surface area contributed by atoms with Crippen molar-refractivity contribution >= 4 is 11.8 Å². The van der Waals surface area contributed by atoms with Crippen LogP contribution < -0.4 is 5.32 Å². The average Bonchev–Trinajstić information content (AvgIpc) is 2.89. The lowest BCUT2D eigenvalue weighted by Crippen LogP contribution is -2.53. The second kappa shape index (κ2) is 12.4. The molecule has 0 bridgehead atoms. The van der Waals surface area contributed by atoms with Gasteiger partial charge >= 0.3 is 0 Å². The fraction of sp³-hybridized carbons (Fsp3) is 0.333. The first-order valence-corrected chi connectivity index (χ1v) is 12.6. The van der Waals surface area contributed by atoms with E-state index in [1.54, 1.807) is 30.3 Å². The molecule has 2 amide bonds. The molecule has 0 aromatic heterocycles. The standard InChI is InChI=1S/C30H32F2N2O2/c31-25-17-15-23(16-18-25)20-29(35)34(21-24-11-7-8-14-27(24)32)28(19-22-9-3-1-4-10-22)30(36)33-26-12-5-2-6-13-26/h1,3-4,7-11,14-18,26,28H,2,5-6,12-13,19-21H2,(H,33,36)/t28-/m1/s1. The number of hydrogen-bond donors (Lipinski definition) is 1. The van der Waals surface area contributed by atoms with Crippen molar-refractivity contribution < 1.29 is 18.4 Å². The second-order valence-corrected chi connectivity index (χ2v) is 9.47. The van der Waals surface area contributed by atoms with Crippen LogP contribution in [0.3, 0.4) is 0 Å². The number of carbonyl (C=O) groups excluding carboxylic acids is 2. The zero-order valence-electron chi connectivity index (χ0n) is 20.3. The van der Waals surface area contributed by atoms with Crippen LogP contribution in [0.4, 0.5) is 8.78 Å². The Balaban J connectivity index is 1.65. The number of amides is 2. The van der Waals surface area contributed by atoms with Gasteiger partial charge in [0.05, 0.1) is 6.42 Å². The van der Waals surface area contributed by atoms with Gasteiger partial charge in [0.1, 0.15) is 17.7 Å². The summed E-state index contributed by atoms with van der Waals surface area (Å²) in [4.78, 5) is 28.8. The third-order valence-electron chi connectivity index (χ3n) is 6.79. The van der Waals surface area contributed by atoms with Gasteiger partial charge in [-0.05, 0) is 42.2 Å². The largest absolute Gasteiger partial charge is 0.352 e. The highest BCUT2D eigenvalue weighted by molar-refractivity contribution is 5.89. The SMILES string of the molecule is O=C(NC1CCCCC1)[C@@H](Cc1ccccc1)N(Cc1ccccc1F)C(=O)Cc1ccc(F)cc1. The van der Waals surface area contributed by atoms with E-state index in [0.29, 0.717) is 17.5 Å². The lowest BCUT2D eigenvalue weighted by atomic mass is 9.94. The molecular formula is C30H32F2N2O2. The van der Waals surface area contributed by atoms with Gasteiger partial charge in [-0.1, -0.05) is 79.9 Å². The number of nitrogens with zero attached hydrogens (tertiary/aromatic N) is 1. The van der Waals surface area contributed by atoms with Crippen molar-refractivity contribution in [1.82, 2.24) is 10.2 Å². The first-order valence-electron chi connectivity index (χ1n) is 12.6. The van der Waals surface area contributed by atoms with E-state index in [1.807, 2.05) is 30.3 Å². The van der Waals surface area contributed by atoms with Crippen LogP contribution >= 0.6 is 0 Å². The quantitative estimate of drug-likeness (QED) is 0.425. The molecule has 3 aromatic rings. The van der Waals surface area contributed by atoms with Gasteiger partial charge in [-0.2, -0.15) is 0 Å². The molecule has 0 radical (unpaired) electrons. The molecule has 0 spiro atoms. The molecule has 1 N–H and O–H groups in total. The van der Waals surface area contributed by atoms with Crippen molar-refractivity contribution in [3.63, 3.8) is 0 Å². The zero-order chi connectivity index (χ0) is 25.3. The molecular weight excluding hydrogens is 458 g/mol. The molecule has 1 aliphatic carbocycles. The molecule has 0 saturated heterocycles. The molecule has 0 unspecified atom stereocenters. The summed E-state index contributed by atoms with van der Waals surface area (Å²) in [6.45, 7) is -0.0394. The highest BCUT2D eigenvalue weighted by Gasteiger charge is 2.32. The van der Waals surface area contributed by atoms with Crippen molar-refractivity contribution in [1.29, 1.82) is 0 Å². The average molecular weight is 491 g/mol. The minimum absolute atomic E-state index is 0.0171. The molecule has 1 saturated carbocycles. The smallest absolute Gasteiger partial charge is 0.243 e. The van der Waals surface area contributed by atoms with Gasteiger partial charge in [0.25, 0.3) is 0 Å². The predicted octanol–water partition coefficient (Wildman–Crippen LogP) is 5.60. The number of nitrogens with one attached hydrogen (secondary N) is 1. The first kappa shape index (κ1) is 25.5. The van der Waals surface area contributed by atoms with Crippen molar-refractivity contribution in [3.05, 3.63) is 107 Å². The van der Waals surface area contributed by atoms with Gasteiger partial charge in [-0.15, -0.1) is 0 Å². The maximum Gasteiger partial charge on any atom is 0.243 e. The summed E-state index contributed by atoms with van der Waals surface area (Å²) in [5.41, 5.74) is 1.88. The lowest BCUT2D eigenvalue weighted by molar-refractivity contribution is -0.141. The van der Waals surface area contributed by atoms with E-state index in [-0.39, 0.29) is 36.6 Å². The molecule has 36 heavy (non-hydrogen) atoms. The topological polar surface area (TPSA) is 49.4 Å². The second-order valence-electron chi connectivity index (χ2n) is 9.47. The van der Waals surface area contributed by atoms with E-state index >= 15 is 0 Å². The summed E-state index contributed by atoms with van der Waals surface area (Å²) < 4.78 is 28.1. The number of carbonyl (C=O) groups is 2. The molecule has 4 nitrogen and oxygen atoms in total. The van der Waals surface area contributed by atoms with Gasteiger partial charge in [0.2, 0.25) is 11.8 Å². The Morgan fingerprint density at radius 3 is 2.19 bits per heavy atom. The third-order valence-corrected chi connectivity index (χ3v) is 6.79. The maximum atomic E-state index is 14.7. The monoisotopic (exact) mass is 490 g/mol. The van der Waals surface area contributed by atoms with Crippen LogP contribution in [0, 0.1) is 11.6 Å². The molecule has 3 aromatic carbocycles. The normalized spacial score (nSPS) is 14.7. The van der Waals surface area contributed by atoms with Crippen LogP contribution in [-0.2, 0) is 29.0 Å². The fourth-order valence-corrected chi connectivity index (χ4v) is 4.79. The Morgan fingerprint density at radius 2 is 1.50 bits per heavy atom. The van der Waals surface area contributed by atoms with Crippen LogP contribution in [0.5, 0.6) is 0 Å². The predicted molar refractivity (Wildman–Crippen MR) is 136 cm³/mol. The Labute approximate surface area is 211 Å². The Hall–Kier alpha value is -3.54. The number of benzene rings is 3. The van der Waals surface area contributed by atoms with Gasteiger partial charge in [0.15, 0.2) is 0 Å². The summed E-state index contributed by atoms with van der Waals surface area (Å²) in [5.74, 6) is -1.36. The zero-order valence-corrected chi connectivity index (χ0v) is 20.3. The van der Waals surface area contributed by atoms with E-state index in [4.69, 9.17) is 0 Å². The summed E-state index contributed by atoms with van der Waals surface area (Å²) >= 11 is 0.